The van der Waals surface area contributed by atoms with E-state index in [0.717, 1.165) is 45.1 Å². The van der Waals surface area contributed by atoms with Crippen LogP contribution >= 0.6 is 0 Å². The van der Waals surface area contributed by atoms with Gasteiger partial charge in [-0.05, 0) is 22.4 Å². The summed E-state index contributed by atoms with van der Waals surface area (Å²) in [4.78, 5) is 2.48. The van der Waals surface area contributed by atoms with Crippen molar-refractivity contribution in [3.8, 4) is 5.75 Å². The van der Waals surface area contributed by atoms with E-state index in [4.69, 9.17) is 9.47 Å². The summed E-state index contributed by atoms with van der Waals surface area (Å²) in [6.07, 6.45) is 0.207. The molecule has 0 radical (unpaired) electrons. The molecule has 3 aromatic carbocycles. The van der Waals surface area contributed by atoms with Crippen LogP contribution in [-0.4, -0.2) is 44.4 Å². The molecule has 1 unspecified atom stereocenters. The standard InChI is InChI=1S/C24H28N2O2/c1-27-24-12-11-20-9-5-6-10-22(20)23(24)16-25-15-21-18-26(13-14-28-21)17-19-7-3-2-4-8-19/h2-12,21,25H,13-18H2,1H3. The average Bonchev–Trinajstić information content (AvgIpc) is 2.75. The van der Waals surface area contributed by atoms with Crippen molar-refractivity contribution in [2.45, 2.75) is 19.2 Å². The number of methoxy groups -OCH3 is 1. The molecule has 4 heteroatoms. The Morgan fingerprint density at radius 2 is 1.86 bits per heavy atom. The van der Waals surface area contributed by atoms with Gasteiger partial charge in [0.25, 0.3) is 0 Å². The number of nitrogens with one attached hydrogen (secondary N) is 1. The highest BCUT2D eigenvalue weighted by Crippen LogP contribution is 2.27. The number of rotatable bonds is 7. The Hall–Kier alpha value is -2.40. The van der Waals surface area contributed by atoms with E-state index >= 15 is 0 Å². The predicted molar refractivity (Wildman–Crippen MR) is 114 cm³/mol. The van der Waals surface area contributed by atoms with Crippen LogP contribution in [0.5, 0.6) is 5.75 Å². The molecular weight excluding hydrogens is 348 g/mol. The van der Waals surface area contributed by atoms with Gasteiger partial charge in [-0.15, -0.1) is 0 Å². The van der Waals surface area contributed by atoms with E-state index in [1.54, 1.807) is 7.11 Å². The number of hydrogen-bond donors (Lipinski definition) is 1. The molecule has 3 aromatic rings. The second-order valence-corrected chi connectivity index (χ2v) is 7.31. The first-order valence-corrected chi connectivity index (χ1v) is 9.96. The maximum Gasteiger partial charge on any atom is 0.123 e. The van der Waals surface area contributed by atoms with Crippen LogP contribution in [0.15, 0.2) is 66.7 Å². The molecule has 0 amide bonds. The third kappa shape index (κ3) is 4.53. The van der Waals surface area contributed by atoms with E-state index in [9.17, 15) is 0 Å². The highest BCUT2D eigenvalue weighted by molar-refractivity contribution is 5.87. The Morgan fingerprint density at radius 3 is 2.71 bits per heavy atom. The average molecular weight is 377 g/mol. The van der Waals surface area contributed by atoms with Gasteiger partial charge in [0.15, 0.2) is 0 Å². The van der Waals surface area contributed by atoms with Crippen molar-refractivity contribution in [3.63, 3.8) is 0 Å². The molecule has 1 atom stereocenters. The molecular formula is C24H28N2O2. The van der Waals surface area contributed by atoms with Gasteiger partial charge in [0, 0.05) is 38.3 Å². The lowest BCUT2D eigenvalue weighted by molar-refractivity contribution is -0.0300. The SMILES string of the molecule is COc1ccc2ccccc2c1CNCC1CN(Cc2ccccc2)CCO1. The number of fused-ring (bicyclic) bond motifs is 1. The Bertz CT molecular complexity index is 898. The third-order valence-corrected chi connectivity index (χ3v) is 5.36. The van der Waals surface area contributed by atoms with Crippen molar-refractivity contribution >= 4 is 10.8 Å². The Labute approximate surface area is 167 Å². The number of nitrogens with zero attached hydrogens (tertiary/aromatic N) is 1. The Morgan fingerprint density at radius 1 is 1.04 bits per heavy atom. The summed E-state index contributed by atoms with van der Waals surface area (Å²) < 4.78 is 11.6. The molecule has 1 N–H and O–H groups in total. The first kappa shape index (κ1) is 18.9. The van der Waals surface area contributed by atoms with E-state index in [1.807, 2.05) is 0 Å². The molecule has 1 saturated heterocycles. The molecule has 1 aliphatic rings. The van der Waals surface area contributed by atoms with Gasteiger partial charge in [-0.2, -0.15) is 0 Å². The molecule has 1 aliphatic heterocycles. The van der Waals surface area contributed by atoms with Gasteiger partial charge >= 0.3 is 0 Å². The van der Waals surface area contributed by atoms with E-state index in [1.165, 1.54) is 21.9 Å². The van der Waals surface area contributed by atoms with Gasteiger partial charge in [0.05, 0.1) is 19.8 Å². The fraction of sp³-hybridized carbons (Fsp3) is 0.333. The van der Waals surface area contributed by atoms with E-state index in [-0.39, 0.29) is 6.10 Å². The third-order valence-electron chi connectivity index (χ3n) is 5.36. The fourth-order valence-corrected chi connectivity index (χ4v) is 3.94. The van der Waals surface area contributed by atoms with E-state index in [0.29, 0.717) is 0 Å². The van der Waals surface area contributed by atoms with Crippen molar-refractivity contribution in [1.82, 2.24) is 10.2 Å². The second kappa shape index (κ2) is 9.20. The second-order valence-electron chi connectivity index (χ2n) is 7.31. The number of benzene rings is 3. The van der Waals surface area contributed by atoms with Crippen LogP contribution in [-0.2, 0) is 17.8 Å². The zero-order valence-corrected chi connectivity index (χ0v) is 16.4. The first-order chi connectivity index (χ1) is 13.8. The highest BCUT2D eigenvalue weighted by atomic mass is 16.5. The van der Waals surface area contributed by atoms with Crippen LogP contribution in [0, 0.1) is 0 Å². The summed E-state index contributed by atoms with van der Waals surface area (Å²) in [5.74, 6) is 0.932. The summed E-state index contributed by atoms with van der Waals surface area (Å²) >= 11 is 0. The van der Waals surface area contributed by atoms with Crippen molar-refractivity contribution in [2.75, 3.05) is 33.4 Å². The van der Waals surface area contributed by atoms with Gasteiger partial charge in [0.2, 0.25) is 0 Å². The predicted octanol–water partition coefficient (Wildman–Crippen LogP) is 3.84. The molecule has 28 heavy (non-hydrogen) atoms. The van der Waals surface area contributed by atoms with Crippen LogP contribution in [0.25, 0.3) is 10.8 Å². The van der Waals surface area contributed by atoms with Gasteiger partial charge in [0.1, 0.15) is 5.75 Å². The monoisotopic (exact) mass is 376 g/mol. The zero-order chi connectivity index (χ0) is 19.2. The number of morpholine rings is 1. The molecule has 0 aromatic heterocycles. The first-order valence-electron chi connectivity index (χ1n) is 9.96. The Balaban J connectivity index is 1.35. The number of hydrogen-bond acceptors (Lipinski definition) is 4. The van der Waals surface area contributed by atoms with Crippen molar-refractivity contribution in [2.24, 2.45) is 0 Å². The minimum atomic E-state index is 0.207. The van der Waals surface area contributed by atoms with Crippen molar-refractivity contribution < 1.29 is 9.47 Å². The van der Waals surface area contributed by atoms with Crippen LogP contribution in [0.4, 0.5) is 0 Å². The molecule has 0 saturated carbocycles. The smallest absolute Gasteiger partial charge is 0.123 e. The fourth-order valence-electron chi connectivity index (χ4n) is 3.94. The van der Waals surface area contributed by atoms with Gasteiger partial charge in [-0.1, -0.05) is 60.7 Å². The molecule has 146 valence electrons. The van der Waals surface area contributed by atoms with Crippen LogP contribution in [0.1, 0.15) is 11.1 Å². The maximum atomic E-state index is 5.99. The summed E-state index contributed by atoms with van der Waals surface area (Å²) in [6, 6.07) is 23.3. The molecule has 4 nitrogen and oxygen atoms in total. The van der Waals surface area contributed by atoms with Crippen LogP contribution < -0.4 is 10.1 Å². The summed E-state index contributed by atoms with van der Waals surface area (Å²) in [5, 5.41) is 6.07. The minimum absolute atomic E-state index is 0.207. The zero-order valence-electron chi connectivity index (χ0n) is 16.4. The van der Waals surface area contributed by atoms with Crippen molar-refractivity contribution in [3.05, 3.63) is 77.9 Å². The lowest BCUT2D eigenvalue weighted by atomic mass is 10.0. The lowest BCUT2D eigenvalue weighted by Gasteiger charge is -2.33. The molecule has 1 heterocycles. The normalized spacial score (nSPS) is 17.7. The van der Waals surface area contributed by atoms with E-state index in [2.05, 4.69) is 76.9 Å². The Kier molecular flexibility index (Phi) is 6.22. The lowest BCUT2D eigenvalue weighted by Crippen LogP contribution is -2.46. The maximum absolute atomic E-state index is 5.99. The van der Waals surface area contributed by atoms with E-state index < -0.39 is 0 Å². The highest BCUT2D eigenvalue weighted by Gasteiger charge is 2.20. The van der Waals surface area contributed by atoms with Crippen LogP contribution in [0.3, 0.4) is 0 Å². The van der Waals surface area contributed by atoms with Gasteiger partial charge < -0.3 is 14.8 Å². The minimum Gasteiger partial charge on any atom is -0.496 e. The largest absolute Gasteiger partial charge is 0.496 e. The van der Waals surface area contributed by atoms with Crippen molar-refractivity contribution in [1.29, 1.82) is 0 Å². The van der Waals surface area contributed by atoms with Gasteiger partial charge in [-0.3, -0.25) is 4.90 Å². The summed E-state index contributed by atoms with van der Waals surface area (Å²) in [7, 11) is 1.74. The quantitative estimate of drug-likeness (QED) is 0.679. The summed E-state index contributed by atoms with van der Waals surface area (Å²) in [6.45, 7) is 5.31. The summed E-state index contributed by atoms with van der Waals surface area (Å²) in [5.41, 5.74) is 2.56. The molecule has 0 aliphatic carbocycles. The molecule has 0 bridgehead atoms. The topological polar surface area (TPSA) is 33.7 Å². The van der Waals surface area contributed by atoms with Crippen LogP contribution in [0.2, 0.25) is 0 Å². The molecule has 4 rings (SSSR count). The molecule has 0 spiro atoms. The number of ether oxygens (including phenoxy) is 2. The van der Waals surface area contributed by atoms with Gasteiger partial charge in [-0.25, -0.2) is 0 Å². The molecule has 1 fully saturated rings.